The molecule has 1 rings (SSSR count). The number of thiol groups is 1. The van der Waals surface area contributed by atoms with Crippen LogP contribution in [0.3, 0.4) is 0 Å². The van der Waals surface area contributed by atoms with E-state index in [9.17, 15) is 3.02 Å². The fourth-order valence-corrected chi connectivity index (χ4v) is 3.61. The molecule has 0 fully saturated rings. The van der Waals surface area contributed by atoms with E-state index in [1.807, 2.05) is 0 Å². The van der Waals surface area contributed by atoms with Crippen molar-refractivity contribution in [1.82, 2.24) is 0 Å². The molecule has 0 amide bonds. The molecule has 0 aromatic heterocycles. The van der Waals surface area contributed by atoms with Gasteiger partial charge in [0.2, 0.25) is 0 Å². The van der Waals surface area contributed by atoms with Crippen molar-refractivity contribution in [2.75, 3.05) is 0 Å². The zero-order valence-corrected chi connectivity index (χ0v) is 8.95. The van der Waals surface area contributed by atoms with E-state index in [-0.39, 0.29) is 3.51 Å². The summed E-state index contributed by atoms with van der Waals surface area (Å²) in [5, 5.41) is 0. The summed E-state index contributed by atoms with van der Waals surface area (Å²) in [4.78, 5) is 0.360. The van der Waals surface area contributed by atoms with Crippen molar-refractivity contribution in [1.29, 1.82) is 0 Å². The van der Waals surface area contributed by atoms with Crippen LogP contribution < -0.4 is 3.51 Å². The molecule has 0 aliphatic carbocycles. The van der Waals surface area contributed by atoms with E-state index in [1.165, 1.54) is 6.07 Å². The maximum absolute atomic E-state index is 10.8. The van der Waals surface area contributed by atoms with Crippen molar-refractivity contribution in [3.8, 4) is 0 Å². The van der Waals surface area contributed by atoms with Crippen molar-refractivity contribution in [3.63, 3.8) is 0 Å². The van der Waals surface area contributed by atoms with Crippen molar-refractivity contribution >= 4 is 35.8 Å². The second-order valence-electron chi connectivity index (χ2n) is 2.03. The second kappa shape index (κ2) is 3.23. The summed E-state index contributed by atoms with van der Waals surface area (Å²) in [6.07, 6.45) is 0. The first kappa shape index (κ1) is 9.20. The van der Waals surface area contributed by atoms with Gasteiger partial charge in [0.15, 0.2) is 0 Å². The van der Waals surface area contributed by atoms with Gasteiger partial charge in [0, 0.05) is 0 Å². The number of hydrogen-bond acceptors (Lipinski definition) is 2. The first-order valence-electron chi connectivity index (χ1n) is 2.86. The van der Waals surface area contributed by atoms with Gasteiger partial charge in [-0.1, -0.05) is 0 Å². The summed E-state index contributed by atoms with van der Waals surface area (Å²) in [7, 11) is 0. The van der Waals surface area contributed by atoms with E-state index in [0.717, 1.165) is 0 Å². The summed E-state index contributed by atoms with van der Waals surface area (Å²) in [5.41, 5.74) is 0. The summed E-state index contributed by atoms with van der Waals surface area (Å²) >= 11 is -1.08. The Balaban J connectivity index is 3.25. The van der Waals surface area contributed by atoms with Gasteiger partial charge in [0.1, 0.15) is 0 Å². The molecule has 0 saturated carbocycles. The minimum absolute atomic E-state index is 0.0642. The molecule has 0 bridgehead atoms. The van der Waals surface area contributed by atoms with Gasteiger partial charge in [-0.3, -0.25) is 0 Å². The fraction of sp³-hybridized carbons (Fsp3) is 0. The van der Waals surface area contributed by atoms with Crippen LogP contribution in [0.15, 0.2) is 29.2 Å². The average molecular weight is 281 g/mol. The van der Waals surface area contributed by atoms with E-state index in [2.05, 4.69) is 12.6 Å². The third-order valence-corrected chi connectivity index (χ3v) is 5.02. The fourth-order valence-electron chi connectivity index (χ4n) is 0.710. The topological polar surface area (TPSA) is 57.5 Å². The molecule has 3 nitrogen and oxygen atoms in total. The molecule has 0 unspecified atom stereocenters. The molecule has 0 radical (unpaired) electrons. The predicted molar refractivity (Wildman–Crippen MR) is 44.2 cm³/mol. The first-order chi connectivity index (χ1) is 5.02. The quantitative estimate of drug-likeness (QED) is 0.482. The van der Waals surface area contributed by atoms with E-state index in [0.29, 0.717) is 4.90 Å². The summed E-state index contributed by atoms with van der Waals surface area (Å²) < 4.78 is 28.5. The Bertz CT molecular complexity index is 306. The molecule has 0 aliphatic heterocycles. The normalized spacial score (nSPS) is 11.5. The number of rotatable bonds is 1. The molecule has 0 heterocycles. The van der Waals surface area contributed by atoms with Crippen LogP contribution >= 0.6 is 12.6 Å². The summed E-state index contributed by atoms with van der Waals surface area (Å²) in [6, 6.07) is 6.23. The molecule has 0 aliphatic rings. The Hall–Kier alpha value is 0.108. The number of hydrogen-bond donors (Lipinski definition) is 3. The van der Waals surface area contributed by atoms with Crippen molar-refractivity contribution < 1.29 is 9.79 Å². The monoisotopic (exact) mass is 280 g/mol. The Morgan fingerprint density at radius 1 is 1.27 bits per heavy atom. The SMILES string of the molecule is [O]=[Sb]([OH])([OH])[c]1ccccc1S. The Morgan fingerprint density at radius 3 is 2.18 bits per heavy atom. The molecule has 1 aromatic rings. The standard InChI is InChI=1S/C6H5S.2H2O.O.Sb/c7-6-4-2-1-3-5-6;;;;/h1-4,7H;2*1H2;;/q;;;;+2/p-2. The molecule has 0 spiro atoms. The molecule has 11 heavy (non-hydrogen) atoms. The van der Waals surface area contributed by atoms with Crippen LogP contribution in [-0.4, -0.2) is 26.4 Å². The van der Waals surface area contributed by atoms with E-state index in [1.54, 1.807) is 18.2 Å². The molecule has 1 aromatic carbocycles. The van der Waals surface area contributed by atoms with Gasteiger partial charge in [-0.15, -0.1) is 0 Å². The first-order valence-corrected chi connectivity index (χ1v) is 7.91. The van der Waals surface area contributed by atoms with Gasteiger partial charge < -0.3 is 0 Å². The van der Waals surface area contributed by atoms with Crippen molar-refractivity contribution in [3.05, 3.63) is 24.3 Å². The Labute approximate surface area is 74.6 Å². The van der Waals surface area contributed by atoms with Gasteiger partial charge in [0.25, 0.3) is 0 Å². The van der Waals surface area contributed by atoms with Crippen LogP contribution in [-0.2, 0) is 3.02 Å². The third-order valence-electron chi connectivity index (χ3n) is 1.20. The summed E-state index contributed by atoms with van der Waals surface area (Å²) in [6.45, 7) is 0. The molecule has 0 saturated heterocycles. The zero-order valence-electron chi connectivity index (χ0n) is 5.51. The van der Waals surface area contributed by atoms with Gasteiger partial charge in [-0.2, -0.15) is 0 Å². The maximum atomic E-state index is 10.8. The molecular weight excluding hydrogens is 274 g/mol. The average Bonchev–Trinajstić information content (AvgIpc) is 1.86. The van der Waals surface area contributed by atoms with Gasteiger partial charge in [0.05, 0.1) is 0 Å². The molecular formula is C6H7O3SSb. The molecule has 2 N–H and O–H groups in total. The van der Waals surface area contributed by atoms with Crippen LogP contribution in [0.5, 0.6) is 0 Å². The van der Waals surface area contributed by atoms with Gasteiger partial charge >= 0.3 is 74.7 Å². The molecule has 60 valence electrons. The summed E-state index contributed by atoms with van der Waals surface area (Å²) in [5.74, 6) is 0. The van der Waals surface area contributed by atoms with Crippen LogP contribution in [0.4, 0.5) is 0 Å². The predicted octanol–water partition coefficient (Wildman–Crippen LogP) is -0.464. The van der Waals surface area contributed by atoms with Crippen molar-refractivity contribution in [2.24, 2.45) is 0 Å². The van der Waals surface area contributed by atoms with Crippen LogP contribution in [0.2, 0.25) is 0 Å². The Kier molecular flexibility index (Phi) is 2.70. The second-order valence-corrected chi connectivity index (χ2v) is 7.00. The third kappa shape index (κ3) is 2.27. The van der Waals surface area contributed by atoms with E-state index < -0.39 is 19.6 Å². The Morgan fingerprint density at radius 2 is 1.82 bits per heavy atom. The zero-order chi connectivity index (χ0) is 8.48. The van der Waals surface area contributed by atoms with Gasteiger partial charge in [-0.25, -0.2) is 0 Å². The van der Waals surface area contributed by atoms with Gasteiger partial charge in [-0.05, 0) is 0 Å². The van der Waals surface area contributed by atoms with Crippen LogP contribution in [0.1, 0.15) is 0 Å². The van der Waals surface area contributed by atoms with Crippen LogP contribution in [0.25, 0.3) is 0 Å². The van der Waals surface area contributed by atoms with Crippen molar-refractivity contribution in [2.45, 2.75) is 4.90 Å². The molecule has 0 atom stereocenters. The van der Waals surface area contributed by atoms with E-state index in [4.69, 9.17) is 6.77 Å². The number of benzene rings is 1. The van der Waals surface area contributed by atoms with E-state index >= 15 is 0 Å². The van der Waals surface area contributed by atoms with Crippen LogP contribution in [0, 0.1) is 0 Å². The molecule has 5 heteroatoms. The minimum atomic E-state index is -5.00.